The van der Waals surface area contributed by atoms with Gasteiger partial charge in [-0.2, -0.15) is 0 Å². The summed E-state index contributed by atoms with van der Waals surface area (Å²) in [5, 5.41) is 1.76. The zero-order chi connectivity index (χ0) is 26.6. The van der Waals surface area contributed by atoms with E-state index in [9.17, 15) is 0 Å². The molecule has 0 radical (unpaired) electrons. The predicted molar refractivity (Wildman–Crippen MR) is 164 cm³/mol. The minimum Gasteiger partial charge on any atom is -1.00 e. The Labute approximate surface area is 274 Å². The van der Waals surface area contributed by atoms with Crippen molar-refractivity contribution in [2.24, 2.45) is 35.5 Å². The van der Waals surface area contributed by atoms with Gasteiger partial charge in [-0.15, -0.1) is 0 Å². The second-order valence-electron chi connectivity index (χ2n) is 14.8. The largest absolute Gasteiger partial charge is 1.00 e. The van der Waals surface area contributed by atoms with Crippen LogP contribution in [0, 0.1) is 35.5 Å². The molecule has 1 nitrogen and oxygen atoms in total. The van der Waals surface area contributed by atoms with Gasteiger partial charge in [-0.3, -0.25) is 0 Å². The van der Waals surface area contributed by atoms with Gasteiger partial charge in [0.25, 0.3) is 0 Å². The number of hydrogen-bond donors (Lipinski definition) is 1. The Hall–Kier alpha value is -0.0877. The molecule has 2 aromatic rings. The fourth-order valence-electron chi connectivity index (χ4n) is 11.5. The van der Waals surface area contributed by atoms with E-state index in [0.717, 1.165) is 66.7 Å². The second-order valence-corrected chi connectivity index (χ2v) is 18.9. The molecule has 8 aliphatic carbocycles. The van der Waals surface area contributed by atoms with Crippen molar-refractivity contribution in [3.05, 3.63) is 48.5 Å². The molecule has 10 rings (SSSR count). The maximum atomic E-state index is 5.90. The Kier molecular flexibility index (Phi) is 10.3. The second kappa shape index (κ2) is 13.1. The van der Waals surface area contributed by atoms with Gasteiger partial charge in [0.15, 0.2) is 0 Å². The number of nitrogen functional groups attached to an aromatic ring is 1. The summed E-state index contributed by atoms with van der Waals surface area (Å²) in [5.41, 5.74) is 8.94. The van der Waals surface area contributed by atoms with Crippen LogP contribution in [0.5, 0.6) is 0 Å². The standard InChI is InChI=1S/C24H39P.C12H10N.2ClH.Pd/c1-2-3-4-25(23-11-17-5-18(12-23)7-19(6-17)13-23)24-14-20-8-21(15-24)10-22(9-20)16-24;13-12-9-5-4-8-11(12)10-6-2-1-3-7-10;;;/h17-22H,2-16H2,1H3;1-6,8-9H,13H2;2*1H;/q;;;;+2/p-2. The summed E-state index contributed by atoms with van der Waals surface area (Å²) < 4.78 is 1.11. The number of benzene rings is 2. The number of nitrogens with two attached hydrogens (primary N) is 1. The summed E-state index contributed by atoms with van der Waals surface area (Å²) in [6, 6.07) is 16.0. The van der Waals surface area contributed by atoms with Crippen molar-refractivity contribution >= 4 is 17.6 Å². The Morgan fingerprint density at radius 3 is 1.44 bits per heavy atom. The molecule has 0 amide bonds. The molecule has 8 fully saturated rings. The molecule has 2 aromatic carbocycles. The van der Waals surface area contributed by atoms with Crippen LogP contribution < -0.4 is 34.6 Å². The Morgan fingerprint density at radius 1 is 0.659 bits per heavy atom. The number of rotatable bonds is 6. The predicted octanol–water partition coefficient (Wildman–Crippen LogP) is 3.32. The molecule has 8 aliphatic rings. The minimum atomic E-state index is 0. The molecule has 8 bridgehead atoms. The maximum Gasteiger partial charge on any atom is -1.00 e. The van der Waals surface area contributed by atoms with E-state index in [2.05, 4.69) is 32.2 Å². The average Bonchev–Trinajstić information content (AvgIpc) is 2.88. The van der Waals surface area contributed by atoms with Crippen molar-refractivity contribution in [1.82, 2.24) is 0 Å². The van der Waals surface area contributed by atoms with E-state index in [1.807, 2.05) is 42.5 Å². The van der Waals surface area contributed by atoms with Crippen LogP contribution in [0.4, 0.5) is 5.69 Å². The van der Waals surface area contributed by atoms with Crippen LogP contribution in [-0.4, -0.2) is 16.5 Å². The monoisotopic (exact) mass is 702 g/mol. The summed E-state index contributed by atoms with van der Waals surface area (Å²) in [6.45, 7) is 2.45. The van der Waals surface area contributed by atoms with Crippen molar-refractivity contribution in [3.63, 3.8) is 0 Å². The van der Waals surface area contributed by atoms with Crippen LogP contribution in [0.15, 0.2) is 48.5 Å². The van der Waals surface area contributed by atoms with E-state index < -0.39 is 0 Å². The topological polar surface area (TPSA) is 26.0 Å². The van der Waals surface area contributed by atoms with Gasteiger partial charge in [-0.1, -0.05) is 21.3 Å². The van der Waals surface area contributed by atoms with Crippen LogP contribution in [0.25, 0.3) is 11.1 Å². The Morgan fingerprint density at radius 2 is 1.05 bits per heavy atom. The minimum absolute atomic E-state index is 0. The molecule has 0 saturated heterocycles. The first-order chi connectivity index (χ1) is 19.0. The van der Waals surface area contributed by atoms with Gasteiger partial charge in [0.1, 0.15) is 0 Å². The fraction of sp³-hybridized carbons (Fsp3) is 0.667. The summed E-state index contributed by atoms with van der Waals surface area (Å²) in [5.74, 6) is 6.95. The van der Waals surface area contributed by atoms with Crippen molar-refractivity contribution in [2.45, 2.75) is 107 Å². The SMILES string of the molecule is CCCCP(C12CC3CC(CC(C3)C1)C2)C12CC3CC(CC(C3)C1)C2.Nc1ccccc1-c1cccc[c]1[Pd+2].[Cl-].[Cl-]. The molecule has 0 heterocycles. The first-order valence-electron chi connectivity index (χ1n) is 16.3. The van der Waals surface area contributed by atoms with Crippen LogP contribution in [0.3, 0.4) is 0 Å². The summed E-state index contributed by atoms with van der Waals surface area (Å²) in [7, 11) is 0.285. The van der Waals surface area contributed by atoms with E-state index in [4.69, 9.17) is 5.73 Å². The Bertz CT molecular complexity index is 1030. The number of halogens is 2. The van der Waals surface area contributed by atoms with E-state index in [0.29, 0.717) is 0 Å². The van der Waals surface area contributed by atoms with Crippen molar-refractivity contribution in [1.29, 1.82) is 0 Å². The molecular weight excluding hydrogens is 655 g/mol. The van der Waals surface area contributed by atoms with Gasteiger partial charge < -0.3 is 24.8 Å². The van der Waals surface area contributed by atoms with Gasteiger partial charge >= 0.3 is 94.3 Å². The van der Waals surface area contributed by atoms with Gasteiger partial charge in [-0.25, -0.2) is 0 Å². The molecule has 41 heavy (non-hydrogen) atoms. The normalized spacial score (nSPS) is 37.9. The number of anilines is 1. The van der Waals surface area contributed by atoms with Crippen molar-refractivity contribution in [3.8, 4) is 11.1 Å². The first kappa shape index (κ1) is 32.3. The molecule has 227 valence electrons. The van der Waals surface area contributed by atoms with Crippen LogP contribution in [0.2, 0.25) is 0 Å². The smallest absolute Gasteiger partial charge is 1.00 e. The van der Waals surface area contributed by atoms with Crippen molar-refractivity contribution < 1.29 is 44.0 Å². The third-order valence-electron chi connectivity index (χ3n) is 12.0. The summed E-state index contributed by atoms with van der Waals surface area (Å²) >= 11 is 3.23. The molecular formula is C36H49Cl2NPPd. The number of para-hydroxylation sites is 1. The quantitative estimate of drug-likeness (QED) is 0.279. The average molecular weight is 704 g/mol. The van der Waals surface area contributed by atoms with E-state index in [-0.39, 0.29) is 32.7 Å². The fourth-order valence-corrected chi connectivity index (χ4v) is 17.4. The molecule has 0 spiro atoms. The molecule has 2 N–H and O–H groups in total. The van der Waals surface area contributed by atoms with Crippen LogP contribution in [0.1, 0.15) is 96.8 Å². The first-order valence-corrected chi connectivity index (χ1v) is 18.6. The molecule has 0 aromatic heterocycles. The van der Waals surface area contributed by atoms with E-state index >= 15 is 0 Å². The molecule has 0 atom stereocenters. The number of hydrogen-bond acceptors (Lipinski definition) is 1. The molecule has 5 heteroatoms. The van der Waals surface area contributed by atoms with Crippen molar-refractivity contribution in [2.75, 3.05) is 11.9 Å². The number of unbranched alkanes of at least 4 members (excludes halogenated alkanes) is 1. The van der Waals surface area contributed by atoms with E-state index in [1.54, 1.807) is 89.6 Å². The molecule has 8 saturated carbocycles. The Balaban J connectivity index is 0.000000182. The third kappa shape index (κ3) is 6.24. The third-order valence-corrected chi connectivity index (χ3v) is 16.8. The summed E-state index contributed by atoms with van der Waals surface area (Å²) in [4.78, 5) is 0. The van der Waals surface area contributed by atoms with Crippen LogP contribution >= 0.6 is 7.92 Å². The van der Waals surface area contributed by atoms with Gasteiger partial charge in [0, 0.05) is 0 Å². The zero-order valence-electron chi connectivity index (χ0n) is 24.8. The van der Waals surface area contributed by atoms with Gasteiger partial charge in [-0.05, 0) is 135 Å². The van der Waals surface area contributed by atoms with Gasteiger partial charge in [0.05, 0.1) is 0 Å². The zero-order valence-corrected chi connectivity index (χ0v) is 28.7. The summed E-state index contributed by atoms with van der Waals surface area (Å²) in [6.07, 6.45) is 24.6. The maximum absolute atomic E-state index is 5.90. The van der Waals surface area contributed by atoms with E-state index in [1.165, 1.54) is 6.42 Å². The molecule has 0 unspecified atom stereocenters. The molecule has 0 aliphatic heterocycles. The van der Waals surface area contributed by atoms with Gasteiger partial charge in [0.2, 0.25) is 0 Å². The van der Waals surface area contributed by atoms with Crippen LogP contribution in [-0.2, 0) is 19.2 Å².